The Morgan fingerprint density at radius 2 is 2.00 bits per heavy atom. The van der Waals surface area contributed by atoms with Gasteiger partial charge in [0.2, 0.25) is 0 Å². The second-order valence-corrected chi connectivity index (χ2v) is 7.86. The predicted octanol–water partition coefficient (Wildman–Crippen LogP) is 0.136. The summed E-state index contributed by atoms with van der Waals surface area (Å²) in [6, 6.07) is 1.26. The predicted molar refractivity (Wildman–Crippen MR) is 107 cm³/mol. The number of nitrogens with two attached hydrogens (primary N) is 1. The summed E-state index contributed by atoms with van der Waals surface area (Å²) in [5, 5.41) is 0. The molecule has 2 atom stereocenters. The van der Waals surface area contributed by atoms with E-state index < -0.39 is 11.5 Å². The summed E-state index contributed by atoms with van der Waals surface area (Å²) in [6.45, 7) is 3.24. The van der Waals surface area contributed by atoms with Crippen molar-refractivity contribution >= 4 is 17.7 Å². The largest absolute Gasteiger partial charge is 0.364 e. The van der Waals surface area contributed by atoms with E-state index in [2.05, 4.69) is 15.0 Å². The number of rotatable bonds is 4. The fourth-order valence-corrected chi connectivity index (χ4v) is 4.26. The molecule has 10 nitrogen and oxygen atoms in total. The maximum absolute atomic E-state index is 13.1. The molecule has 3 aliphatic rings. The van der Waals surface area contributed by atoms with E-state index in [9.17, 15) is 19.2 Å². The normalized spacial score (nSPS) is 20.8. The summed E-state index contributed by atoms with van der Waals surface area (Å²) in [5.74, 6) is -0.541. The number of nitrogens with zero attached hydrogens (tertiary/aromatic N) is 3. The zero-order valence-electron chi connectivity index (χ0n) is 16.7. The van der Waals surface area contributed by atoms with Crippen molar-refractivity contribution in [1.82, 2.24) is 24.8 Å². The van der Waals surface area contributed by atoms with Gasteiger partial charge in [0.25, 0.3) is 23.3 Å². The molecular weight excluding hydrogens is 388 g/mol. The number of aryl methyl sites for hydroxylation is 1. The molecule has 0 saturated carbocycles. The van der Waals surface area contributed by atoms with E-state index in [4.69, 9.17) is 5.73 Å². The summed E-state index contributed by atoms with van der Waals surface area (Å²) >= 11 is 0. The molecule has 158 valence electrons. The third-order valence-electron chi connectivity index (χ3n) is 5.87. The minimum atomic E-state index is -0.630. The van der Waals surface area contributed by atoms with Gasteiger partial charge in [-0.3, -0.25) is 19.2 Å². The number of amides is 3. The van der Waals surface area contributed by atoms with E-state index in [0.717, 1.165) is 12.8 Å². The maximum Gasteiger partial charge on any atom is 0.265 e. The van der Waals surface area contributed by atoms with E-state index in [1.807, 2.05) is 6.92 Å². The molecule has 4 N–H and O–H groups in total. The second kappa shape index (κ2) is 7.77. The van der Waals surface area contributed by atoms with Crippen molar-refractivity contribution in [2.75, 3.05) is 19.6 Å². The molecule has 10 heteroatoms. The average molecular weight is 412 g/mol. The van der Waals surface area contributed by atoms with E-state index in [-0.39, 0.29) is 35.0 Å². The minimum Gasteiger partial charge on any atom is -0.364 e. The van der Waals surface area contributed by atoms with Crippen molar-refractivity contribution in [2.45, 2.75) is 32.2 Å². The van der Waals surface area contributed by atoms with Crippen LogP contribution in [-0.4, -0.2) is 68.1 Å². The Bertz CT molecular complexity index is 1060. The van der Waals surface area contributed by atoms with Crippen LogP contribution in [0, 0.1) is 5.92 Å². The molecule has 3 amide bonds. The highest BCUT2D eigenvalue weighted by Crippen LogP contribution is 2.29. The number of aromatic nitrogens is 3. The van der Waals surface area contributed by atoms with Crippen molar-refractivity contribution in [3.8, 4) is 0 Å². The fraction of sp³-hybridized carbons (Fsp3) is 0.450. The molecule has 5 heterocycles. The van der Waals surface area contributed by atoms with Gasteiger partial charge in [-0.15, -0.1) is 0 Å². The van der Waals surface area contributed by atoms with Crippen molar-refractivity contribution < 1.29 is 14.4 Å². The smallest absolute Gasteiger partial charge is 0.265 e. The molecule has 2 aromatic heterocycles. The molecule has 0 spiro atoms. The lowest BCUT2D eigenvalue weighted by atomic mass is 9.94. The molecule has 2 aromatic rings. The Morgan fingerprint density at radius 3 is 2.67 bits per heavy atom. The van der Waals surface area contributed by atoms with Crippen LogP contribution >= 0.6 is 0 Å². The zero-order chi connectivity index (χ0) is 21.4. The summed E-state index contributed by atoms with van der Waals surface area (Å²) in [6.07, 6.45) is 5.05. The molecule has 3 aliphatic heterocycles. The number of carbonyl (C=O) groups is 3. The van der Waals surface area contributed by atoms with Gasteiger partial charge in [-0.2, -0.15) is 0 Å². The number of aromatic amines is 2. The van der Waals surface area contributed by atoms with E-state index in [1.54, 1.807) is 9.80 Å². The van der Waals surface area contributed by atoms with Gasteiger partial charge in [0.15, 0.2) is 0 Å². The van der Waals surface area contributed by atoms with Gasteiger partial charge in [-0.25, -0.2) is 4.98 Å². The number of piperidine rings is 1. The van der Waals surface area contributed by atoms with Crippen molar-refractivity contribution in [1.29, 1.82) is 0 Å². The Labute approximate surface area is 172 Å². The van der Waals surface area contributed by atoms with Gasteiger partial charge in [-0.1, -0.05) is 6.92 Å². The summed E-state index contributed by atoms with van der Waals surface area (Å²) in [5.41, 5.74) is 5.37. The number of primary amides is 1. The monoisotopic (exact) mass is 412 g/mol. The Kier molecular flexibility index (Phi) is 5.15. The van der Waals surface area contributed by atoms with Gasteiger partial charge < -0.3 is 25.5 Å². The van der Waals surface area contributed by atoms with Crippen LogP contribution in [-0.2, 0) is 6.42 Å². The first-order valence-corrected chi connectivity index (χ1v) is 10.0. The van der Waals surface area contributed by atoms with Gasteiger partial charge in [0.1, 0.15) is 17.1 Å². The summed E-state index contributed by atoms with van der Waals surface area (Å²) < 4.78 is 0. The van der Waals surface area contributed by atoms with Crippen LogP contribution < -0.4 is 11.3 Å². The lowest BCUT2D eigenvalue weighted by molar-refractivity contribution is 0.0572. The van der Waals surface area contributed by atoms with Gasteiger partial charge in [-0.05, 0) is 24.8 Å². The molecule has 30 heavy (non-hydrogen) atoms. The molecule has 5 rings (SSSR count). The standard InChI is InChI=1S/C20H24N6O4/c1-2-16-23-7-14(18(28)24-16)20(30)26-9-11-3-4-13(26)10-25(8-11)19(29)12-5-15(17(21)27)22-6-12/h5-7,11,13,22H,2-4,8-10H2,1H3,(H2,21,27)(H,23,24,28). The first kappa shape index (κ1) is 19.9. The number of carbonyl (C=O) groups excluding carboxylic acids is 3. The van der Waals surface area contributed by atoms with Crippen LogP contribution in [0.3, 0.4) is 0 Å². The lowest BCUT2D eigenvalue weighted by Crippen LogP contribution is -2.49. The molecule has 2 bridgehead atoms. The van der Waals surface area contributed by atoms with Gasteiger partial charge in [0, 0.05) is 44.5 Å². The third kappa shape index (κ3) is 3.60. The second-order valence-electron chi connectivity index (χ2n) is 7.86. The molecule has 3 fully saturated rings. The highest BCUT2D eigenvalue weighted by atomic mass is 16.2. The molecular formula is C20H24N6O4. The van der Waals surface area contributed by atoms with Gasteiger partial charge >= 0.3 is 0 Å². The van der Waals surface area contributed by atoms with Crippen LogP contribution in [0.1, 0.15) is 56.8 Å². The van der Waals surface area contributed by atoms with E-state index in [0.29, 0.717) is 37.4 Å². The van der Waals surface area contributed by atoms with Crippen LogP contribution in [0.2, 0.25) is 0 Å². The van der Waals surface area contributed by atoms with Gasteiger partial charge in [0.05, 0.1) is 5.56 Å². The number of hydrogen-bond acceptors (Lipinski definition) is 5. The first-order chi connectivity index (χ1) is 14.4. The topological polar surface area (TPSA) is 145 Å². The minimum absolute atomic E-state index is 0.0226. The zero-order valence-corrected chi connectivity index (χ0v) is 16.7. The van der Waals surface area contributed by atoms with Crippen LogP contribution in [0.15, 0.2) is 23.3 Å². The first-order valence-electron chi connectivity index (χ1n) is 10.0. The lowest BCUT2D eigenvalue weighted by Gasteiger charge is -2.35. The summed E-state index contributed by atoms with van der Waals surface area (Å²) in [7, 11) is 0. The number of H-pyrrole nitrogens is 2. The molecule has 0 aliphatic carbocycles. The molecule has 2 unspecified atom stereocenters. The van der Waals surface area contributed by atoms with Crippen LogP contribution in [0.4, 0.5) is 0 Å². The van der Waals surface area contributed by atoms with Crippen LogP contribution in [0.25, 0.3) is 0 Å². The maximum atomic E-state index is 13.1. The molecule has 0 radical (unpaired) electrons. The van der Waals surface area contributed by atoms with E-state index in [1.165, 1.54) is 18.5 Å². The van der Waals surface area contributed by atoms with Crippen molar-refractivity contribution in [3.63, 3.8) is 0 Å². The molecule has 0 aromatic carbocycles. The quantitative estimate of drug-likeness (QED) is 0.654. The average Bonchev–Trinajstić information content (AvgIpc) is 3.06. The van der Waals surface area contributed by atoms with Crippen molar-refractivity contribution in [2.24, 2.45) is 11.7 Å². The molecule has 3 saturated heterocycles. The fourth-order valence-electron chi connectivity index (χ4n) is 4.26. The highest BCUT2D eigenvalue weighted by molar-refractivity contribution is 5.99. The number of fused-ring (bicyclic) bond motifs is 4. The Balaban J connectivity index is 1.54. The Hall–Kier alpha value is -3.43. The number of hydrogen-bond donors (Lipinski definition) is 3. The van der Waals surface area contributed by atoms with E-state index >= 15 is 0 Å². The number of nitrogens with one attached hydrogen (secondary N) is 2. The van der Waals surface area contributed by atoms with Crippen LogP contribution in [0.5, 0.6) is 0 Å². The highest BCUT2D eigenvalue weighted by Gasteiger charge is 2.39. The SMILES string of the molecule is CCc1ncc(C(=O)N2CC3CCC2CN(C(=O)c2c[nH]c(C(N)=O)c2)C3)c(=O)[nH]1. The third-order valence-corrected chi connectivity index (χ3v) is 5.87. The van der Waals surface area contributed by atoms with Crippen molar-refractivity contribution in [3.05, 3.63) is 51.5 Å². The summed E-state index contributed by atoms with van der Waals surface area (Å²) in [4.78, 5) is 62.6. The Morgan fingerprint density at radius 1 is 1.20 bits per heavy atom.